The lowest BCUT2D eigenvalue weighted by Gasteiger charge is -2.35. The van der Waals surface area contributed by atoms with Gasteiger partial charge in [-0.3, -0.25) is 0 Å². The number of rotatable bonds is 5. The number of hydrogen-bond donors (Lipinski definition) is 2. The zero-order valence-corrected chi connectivity index (χ0v) is 14.3. The summed E-state index contributed by atoms with van der Waals surface area (Å²) in [6.07, 6.45) is 5.92. The van der Waals surface area contributed by atoms with Crippen LogP contribution >= 0.6 is 11.8 Å². The van der Waals surface area contributed by atoms with Crippen molar-refractivity contribution in [3.05, 3.63) is 29.3 Å². The van der Waals surface area contributed by atoms with Gasteiger partial charge in [-0.15, -0.1) is 11.8 Å². The molecule has 1 heterocycles. The fraction of sp³-hybridized carbons (Fsp3) is 0.588. The predicted molar refractivity (Wildman–Crippen MR) is 91.2 cm³/mol. The van der Waals surface area contributed by atoms with Crippen molar-refractivity contribution in [2.75, 3.05) is 19.4 Å². The van der Waals surface area contributed by atoms with Gasteiger partial charge >= 0.3 is 6.03 Å². The largest absolute Gasteiger partial charge is 0.396 e. The Morgan fingerprint density at radius 2 is 2.27 bits per heavy atom. The monoisotopic (exact) mass is 322 g/mol. The number of piperidine rings is 1. The highest BCUT2D eigenvalue weighted by Gasteiger charge is 2.25. The van der Waals surface area contributed by atoms with Crippen molar-refractivity contribution in [2.24, 2.45) is 0 Å². The lowest BCUT2D eigenvalue weighted by Crippen LogP contribution is -2.48. The summed E-state index contributed by atoms with van der Waals surface area (Å²) in [7, 11) is 0. The van der Waals surface area contributed by atoms with Crippen LogP contribution in [-0.2, 0) is 6.54 Å². The zero-order valence-electron chi connectivity index (χ0n) is 13.5. The van der Waals surface area contributed by atoms with Crippen LogP contribution in [0, 0.1) is 6.92 Å². The topological polar surface area (TPSA) is 52.6 Å². The number of aliphatic hydroxyl groups excluding tert-OH is 1. The lowest BCUT2D eigenvalue weighted by atomic mass is 10.0. The molecule has 1 unspecified atom stereocenters. The van der Waals surface area contributed by atoms with Crippen LogP contribution in [0.2, 0.25) is 0 Å². The molecule has 1 atom stereocenters. The molecule has 0 saturated carbocycles. The van der Waals surface area contributed by atoms with Gasteiger partial charge in [0.05, 0.1) is 0 Å². The molecular formula is C17H26N2O2S. The van der Waals surface area contributed by atoms with E-state index in [4.69, 9.17) is 5.11 Å². The van der Waals surface area contributed by atoms with Crippen LogP contribution < -0.4 is 5.32 Å². The van der Waals surface area contributed by atoms with E-state index in [0.29, 0.717) is 13.0 Å². The second kappa shape index (κ2) is 8.44. The maximum atomic E-state index is 12.4. The fourth-order valence-corrected chi connectivity index (χ4v) is 3.69. The van der Waals surface area contributed by atoms with Gasteiger partial charge in [-0.05, 0) is 56.1 Å². The number of benzene rings is 1. The van der Waals surface area contributed by atoms with Crippen molar-refractivity contribution in [3.63, 3.8) is 0 Å². The Morgan fingerprint density at radius 3 is 3.00 bits per heavy atom. The molecule has 2 rings (SSSR count). The van der Waals surface area contributed by atoms with Gasteiger partial charge in [-0.2, -0.15) is 0 Å². The number of likely N-dealkylation sites (tertiary alicyclic amines) is 1. The SMILES string of the molecule is CSc1cc(C)ccc1CNC(=O)N1CCCCC1CCO. The molecule has 122 valence electrons. The van der Waals surface area contributed by atoms with Crippen molar-refractivity contribution >= 4 is 17.8 Å². The summed E-state index contributed by atoms with van der Waals surface area (Å²) >= 11 is 1.71. The smallest absolute Gasteiger partial charge is 0.317 e. The van der Waals surface area contributed by atoms with Crippen LogP contribution in [0.1, 0.15) is 36.8 Å². The molecule has 1 aliphatic heterocycles. The quantitative estimate of drug-likeness (QED) is 0.819. The van der Waals surface area contributed by atoms with Gasteiger partial charge < -0.3 is 15.3 Å². The molecular weight excluding hydrogens is 296 g/mol. The Bertz CT molecular complexity index is 505. The average Bonchev–Trinajstić information content (AvgIpc) is 2.54. The van der Waals surface area contributed by atoms with Gasteiger partial charge in [0.2, 0.25) is 0 Å². The summed E-state index contributed by atoms with van der Waals surface area (Å²) in [5.74, 6) is 0. The van der Waals surface area contributed by atoms with Gasteiger partial charge in [0, 0.05) is 30.6 Å². The van der Waals surface area contributed by atoms with E-state index in [2.05, 4.69) is 36.7 Å². The van der Waals surface area contributed by atoms with Crippen LogP contribution in [0.15, 0.2) is 23.1 Å². The highest BCUT2D eigenvalue weighted by molar-refractivity contribution is 7.98. The van der Waals surface area contributed by atoms with E-state index in [1.807, 2.05) is 4.90 Å². The minimum absolute atomic E-state index is 0.00854. The first-order chi connectivity index (χ1) is 10.7. The number of carbonyl (C=O) groups excluding carboxylic acids is 1. The third-order valence-electron chi connectivity index (χ3n) is 4.22. The second-order valence-corrected chi connectivity index (χ2v) is 6.68. The van der Waals surface area contributed by atoms with Gasteiger partial charge in [0.1, 0.15) is 0 Å². The first-order valence-electron chi connectivity index (χ1n) is 7.94. The van der Waals surface area contributed by atoms with E-state index in [1.165, 1.54) is 10.5 Å². The predicted octanol–water partition coefficient (Wildman–Crippen LogP) is 3.16. The maximum absolute atomic E-state index is 12.4. The summed E-state index contributed by atoms with van der Waals surface area (Å²) in [4.78, 5) is 15.6. The van der Waals surface area contributed by atoms with Crippen molar-refractivity contribution in [1.82, 2.24) is 10.2 Å². The first-order valence-corrected chi connectivity index (χ1v) is 9.17. The van der Waals surface area contributed by atoms with Gasteiger partial charge in [0.15, 0.2) is 0 Å². The van der Waals surface area contributed by atoms with Gasteiger partial charge in [0.25, 0.3) is 0 Å². The Balaban J connectivity index is 1.96. The Morgan fingerprint density at radius 1 is 1.45 bits per heavy atom. The minimum atomic E-state index is -0.00854. The molecule has 4 nitrogen and oxygen atoms in total. The Labute approximate surface area is 137 Å². The molecule has 0 aromatic heterocycles. The van der Waals surface area contributed by atoms with E-state index < -0.39 is 0 Å². The molecule has 22 heavy (non-hydrogen) atoms. The normalized spacial score (nSPS) is 18.3. The molecule has 2 amide bonds. The summed E-state index contributed by atoms with van der Waals surface area (Å²) in [6, 6.07) is 6.49. The number of nitrogens with zero attached hydrogens (tertiary/aromatic N) is 1. The summed E-state index contributed by atoms with van der Waals surface area (Å²) in [5, 5.41) is 12.2. The Hall–Kier alpha value is -1.20. The molecule has 0 bridgehead atoms. The van der Waals surface area contributed by atoms with E-state index in [-0.39, 0.29) is 18.7 Å². The maximum Gasteiger partial charge on any atom is 0.317 e. The van der Waals surface area contributed by atoms with Crippen LogP contribution in [0.3, 0.4) is 0 Å². The van der Waals surface area contributed by atoms with Crippen molar-refractivity contribution in [2.45, 2.75) is 50.1 Å². The van der Waals surface area contributed by atoms with E-state index in [1.54, 1.807) is 11.8 Å². The van der Waals surface area contributed by atoms with Gasteiger partial charge in [-0.25, -0.2) is 4.79 Å². The molecule has 0 spiro atoms. The standard InChI is InChI=1S/C17H26N2O2S/c1-13-6-7-14(16(11-13)22-2)12-18-17(21)19-9-4-3-5-15(19)8-10-20/h6-7,11,15,20H,3-5,8-10,12H2,1-2H3,(H,18,21). The number of hydrogen-bond acceptors (Lipinski definition) is 3. The molecule has 2 N–H and O–H groups in total. The average molecular weight is 322 g/mol. The number of aliphatic hydroxyl groups is 1. The van der Waals surface area contributed by atoms with Crippen LogP contribution in [0.25, 0.3) is 0 Å². The number of urea groups is 1. The molecule has 1 aromatic carbocycles. The molecule has 0 radical (unpaired) electrons. The lowest BCUT2D eigenvalue weighted by molar-refractivity contribution is 0.131. The van der Waals surface area contributed by atoms with E-state index >= 15 is 0 Å². The highest BCUT2D eigenvalue weighted by Crippen LogP contribution is 2.23. The van der Waals surface area contributed by atoms with Crippen LogP contribution in [0.4, 0.5) is 4.79 Å². The fourth-order valence-electron chi connectivity index (χ4n) is 2.99. The third kappa shape index (κ3) is 4.40. The van der Waals surface area contributed by atoms with Crippen LogP contribution in [-0.4, -0.2) is 41.5 Å². The molecule has 5 heteroatoms. The number of aryl methyl sites for hydroxylation is 1. The third-order valence-corrected chi connectivity index (χ3v) is 5.04. The summed E-state index contributed by atoms with van der Waals surface area (Å²) in [6.45, 7) is 3.57. The summed E-state index contributed by atoms with van der Waals surface area (Å²) < 4.78 is 0. The van der Waals surface area contributed by atoms with E-state index in [0.717, 1.165) is 31.4 Å². The highest BCUT2D eigenvalue weighted by atomic mass is 32.2. The summed E-state index contributed by atoms with van der Waals surface area (Å²) in [5.41, 5.74) is 2.39. The zero-order chi connectivity index (χ0) is 15.9. The second-order valence-electron chi connectivity index (χ2n) is 5.83. The van der Waals surface area contributed by atoms with Crippen molar-refractivity contribution in [3.8, 4) is 0 Å². The molecule has 1 aliphatic rings. The van der Waals surface area contributed by atoms with Crippen molar-refractivity contribution in [1.29, 1.82) is 0 Å². The number of carbonyl (C=O) groups is 1. The van der Waals surface area contributed by atoms with Crippen molar-refractivity contribution < 1.29 is 9.90 Å². The number of thioether (sulfide) groups is 1. The van der Waals surface area contributed by atoms with Crippen LogP contribution in [0.5, 0.6) is 0 Å². The number of amides is 2. The van der Waals surface area contributed by atoms with E-state index in [9.17, 15) is 4.79 Å². The number of nitrogens with one attached hydrogen (secondary N) is 1. The molecule has 0 aliphatic carbocycles. The molecule has 1 fully saturated rings. The molecule has 1 aromatic rings. The molecule has 1 saturated heterocycles. The minimum Gasteiger partial charge on any atom is -0.396 e. The van der Waals surface area contributed by atoms with Gasteiger partial charge in [-0.1, -0.05) is 12.1 Å². The first kappa shape index (κ1) is 17.2. The Kier molecular flexibility index (Phi) is 6.58.